The molecule has 1 aromatic carbocycles. The molecule has 1 aromatic heterocycles. The number of carbonyl (C=O) groups is 2. The zero-order valence-electron chi connectivity index (χ0n) is 19.3. The number of aliphatic carboxylic acids is 2. The summed E-state index contributed by atoms with van der Waals surface area (Å²) < 4.78 is 0. The van der Waals surface area contributed by atoms with Gasteiger partial charge in [-0.05, 0) is 47.7 Å². The van der Waals surface area contributed by atoms with Gasteiger partial charge in [-0.15, -0.1) is 0 Å². The van der Waals surface area contributed by atoms with E-state index in [0.29, 0.717) is 12.8 Å². The molecular weight excluding hydrogens is 404 g/mol. The molecule has 172 valence electrons. The second kappa shape index (κ2) is 10.2. The number of hydrogen-bond acceptors (Lipinski definition) is 4. The lowest BCUT2D eigenvalue weighted by Gasteiger charge is -2.38. The monoisotopic (exact) mass is 438 g/mol. The molecule has 6 heteroatoms. The minimum Gasteiger partial charge on any atom is -0.481 e. The molecule has 0 spiro atoms. The maximum Gasteiger partial charge on any atom is 0.326 e. The van der Waals surface area contributed by atoms with Crippen LogP contribution < -0.4 is 4.90 Å². The zero-order valence-corrected chi connectivity index (χ0v) is 19.3. The van der Waals surface area contributed by atoms with E-state index in [1.165, 1.54) is 0 Å². The van der Waals surface area contributed by atoms with Crippen molar-refractivity contribution in [1.82, 2.24) is 4.98 Å². The third-order valence-corrected chi connectivity index (χ3v) is 6.60. The van der Waals surface area contributed by atoms with Gasteiger partial charge in [0, 0.05) is 29.9 Å². The van der Waals surface area contributed by atoms with Crippen LogP contribution >= 0.6 is 0 Å². The van der Waals surface area contributed by atoms with Gasteiger partial charge in [0.05, 0.1) is 6.04 Å². The highest BCUT2D eigenvalue weighted by atomic mass is 16.4. The van der Waals surface area contributed by atoms with Gasteiger partial charge in [-0.3, -0.25) is 9.78 Å². The largest absolute Gasteiger partial charge is 0.481 e. The van der Waals surface area contributed by atoms with Gasteiger partial charge in [-0.25, -0.2) is 4.79 Å². The number of carboxylic acid groups (broad SMARTS) is 2. The standard InChI is InChI=1S/C26H34N2O4/c1-4-5-6-7-8-22(25(31)32)28-21-11-9-18(10-12-23(29)30)17-20(21)26(2,3)24(28)19-13-15-27-16-14-19/h9,11,13-17,22,24H,4-8,10,12H2,1-3H3,(H,29,30)(H,31,32). The van der Waals surface area contributed by atoms with E-state index in [1.807, 2.05) is 24.3 Å². The molecule has 6 nitrogen and oxygen atoms in total. The van der Waals surface area contributed by atoms with Crippen molar-refractivity contribution in [1.29, 1.82) is 0 Å². The lowest BCUT2D eigenvalue weighted by molar-refractivity contribution is -0.139. The third kappa shape index (κ3) is 4.95. The first-order chi connectivity index (χ1) is 15.3. The molecule has 2 unspecified atom stereocenters. The van der Waals surface area contributed by atoms with E-state index < -0.39 is 18.0 Å². The van der Waals surface area contributed by atoms with Gasteiger partial charge >= 0.3 is 11.9 Å². The maximum absolute atomic E-state index is 12.5. The van der Waals surface area contributed by atoms with E-state index in [-0.39, 0.29) is 17.9 Å². The SMILES string of the molecule is CCCCCCC(C(=O)O)N1c2ccc(CCC(=O)O)cc2C(C)(C)C1c1ccncc1. The zero-order chi connectivity index (χ0) is 23.3. The van der Waals surface area contributed by atoms with E-state index in [1.54, 1.807) is 12.4 Å². The summed E-state index contributed by atoms with van der Waals surface area (Å²) in [5.74, 6) is -1.63. The number of pyridine rings is 1. The van der Waals surface area contributed by atoms with Crippen molar-refractivity contribution in [2.75, 3.05) is 4.90 Å². The predicted octanol–water partition coefficient (Wildman–Crippen LogP) is 5.36. The van der Waals surface area contributed by atoms with Crippen molar-refractivity contribution in [2.24, 2.45) is 0 Å². The molecule has 32 heavy (non-hydrogen) atoms. The number of carboxylic acids is 2. The van der Waals surface area contributed by atoms with Crippen LogP contribution in [0.3, 0.4) is 0 Å². The molecule has 0 saturated heterocycles. The summed E-state index contributed by atoms with van der Waals surface area (Å²) in [6.07, 6.45) is 8.74. The first-order valence-corrected chi connectivity index (χ1v) is 11.5. The number of benzene rings is 1. The van der Waals surface area contributed by atoms with Gasteiger partial charge < -0.3 is 15.1 Å². The molecule has 0 amide bonds. The van der Waals surface area contributed by atoms with Crippen LogP contribution in [0.1, 0.15) is 82.0 Å². The van der Waals surface area contributed by atoms with Crippen molar-refractivity contribution in [3.63, 3.8) is 0 Å². The smallest absolute Gasteiger partial charge is 0.326 e. The van der Waals surface area contributed by atoms with Crippen molar-refractivity contribution >= 4 is 17.6 Å². The van der Waals surface area contributed by atoms with Gasteiger partial charge in [-0.1, -0.05) is 58.6 Å². The Morgan fingerprint density at radius 2 is 1.81 bits per heavy atom. The second-order valence-corrected chi connectivity index (χ2v) is 9.26. The third-order valence-electron chi connectivity index (χ3n) is 6.60. The second-order valence-electron chi connectivity index (χ2n) is 9.26. The molecule has 1 aliphatic heterocycles. The lowest BCUT2D eigenvalue weighted by Crippen LogP contribution is -2.45. The topological polar surface area (TPSA) is 90.7 Å². The molecule has 2 N–H and O–H groups in total. The minimum atomic E-state index is -0.820. The van der Waals surface area contributed by atoms with Crippen LogP contribution in [0, 0.1) is 0 Å². The van der Waals surface area contributed by atoms with Crippen LogP contribution in [0.2, 0.25) is 0 Å². The Morgan fingerprint density at radius 3 is 2.44 bits per heavy atom. The molecule has 1 aliphatic rings. The molecule has 0 fully saturated rings. The van der Waals surface area contributed by atoms with E-state index in [2.05, 4.69) is 36.7 Å². The average molecular weight is 439 g/mol. The van der Waals surface area contributed by atoms with E-state index in [4.69, 9.17) is 5.11 Å². The number of aryl methyl sites for hydroxylation is 1. The summed E-state index contributed by atoms with van der Waals surface area (Å²) in [5, 5.41) is 19.3. The summed E-state index contributed by atoms with van der Waals surface area (Å²) >= 11 is 0. The molecule has 0 saturated carbocycles. The van der Waals surface area contributed by atoms with Crippen LogP contribution in [-0.2, 0) is 21.4 Å². The Labute approximate surface area is 190 Å². The van der Waals surface area contributed by atoms with Crippen molar-refractivity contribution < 1.29 is 19.8 Å². The van der Waals surface area contributed by atoms with Gasteiger partial charge in [0.1, 0.15) is 6.04 Å². The Bertz CT molecular complexity index is 942. The highest BCUT2D eigenvalue weighted by Gasteiger charge is 2.49. The number of unbranched alkanes of at least 4 members (excludes halogenated alkanes) is 3. The molecular formula is C26H34N2O4. The fraction of sp³-hybridized carbons (Fsp3) is 0.500. The van der Waals surface area contributed by atoms with Gasteiger partial charge in [0.2, 0.25) is 0 Å². The average Bonchev–Trinajstić information content (AvgIpc) is 2.99. The Kier molecular flexibility index (Phi) is 7.54. The molecule has 2 heterocycles. The first kappa shape index (κ1) is 23.8. The van der Waals surface area contributed by atoms with Crippen LogP contribution in [0.4, 0.5) is 5.69 Å². The van der Waals surface area contributed by atoms with Gasteiger partial charge in [0.15, 0.2) is 0 Å². The van der Waals surface area contributed by atoms with Gasteiger partial charge in [-0.2, -0.15) is 0 Å². The molecule has 2 aromatic rings. The molecule has 0 radical (unpaired) electrons. The molecule has 2 atom stereocenters. The maximum atomic E-state index is 12.5. The van der Waals surface area contributed by atoms with Crippen LogP contribution in [0.15, 0.2) is 42.7 Å². The Balaban J connectivity index is 2.05. The Hall–Kier alpha value is -2.89. The van der Waals surface area contributed by atoms with E-state index in [0.717, 1.165) is 48.1 Å². The summed E-state index contributed by atoms with van der Waals surface area (Å²) in [6, 6.07) is 9.15. The fourth-order valence-electron chi connectivity index (χ4n) is 4.98. The van der Waals surface area contributed by atoms with E-state index in [9.17, 15) is 14.7 Å². The predicted molar refractivity (Wildman–Crippen MR) is 125 cm³/mol. The van der Waals surface area contributed by atoms with Crippen molar-refractivity contribution in [3.05, 3.63) is 59.4 Å². The minimum absolute atomic E-state index is 0.0753. The number of nitrogens with zero attached hydrogens (tertiary/aromatic N) is 2. The van der Waals surface area contributed by atoms with Gasteiger partial charge in [0.25, 0.3) is 0 Å². The molecule has 0 bridgehead atoms. The number of fused-ring (bicyclic) bond motifs is 1. The van der Waals surface area contributed by atoms with Crippen LogP contribution in [0.5, 0.6) is 0 Å². The molecule has 3 rings (SSSR count). The Morgan fingerprint density at radius 1 is 1.09 bits per heavy atom. The van der Waals surface area contributed by atoms with Crippen LogP contribution in [0.25, 0.3) is 0 Å². The van der Waals surface area contributed by atoms with Crippen LogP contribution in [-0.4, -0.2) is 33.2 Å². The number of aromatic nitrogens is 1. The normalized spacial score (nSPS) is 17.7. The van der Waals surface area contributed by atoms with Crippen molar-refractivity contribution in [2.45, 2.75) is 83.2 Å². The highest BCUT2D eigenvalue weighted by Crippen LogP contribution is 2.54. The first-order valence-electron chi connectivity index (χ1n) is 11.5. The highest BCUT2D eigenvalue weighted by molar-refractivity contribution is 5.81. The fourth-order valence-corrected chi connectivity index (χ4v) is 4.98. The number of hydrogen-bond donors (Lipinski definition) is 2. The summed E-state index contributed by atoms with van der Waals surface area (Å²) in [5.41, 5.74) is 3.64. The lowest BCUT2D eigenvalue weighted by atomic mass is 9.77. The summed E-state index contributed by atoms with van der Waals surface area (Å²) in [7, 11) is 0. The van der Waals surface area contributed by atoms with Crippen molar-refractivity contribution in [3.8, 4) is 0 Å². The quantitative estimate of drug-likeness (QED) is 0.459. The number of anilines is 1. The summed E-state index contributed by atoms with van der Waals surface area (Å²) in [4.78, 5) is 29.8. The molecule has 0 aliphatic carbocycles. The van der Waals surface area contributed by atoms with E-state index >= 15 is 0 Å². The summed E-state index contributed by atoms with van der Waals surface area (Å²) in [6.45, 7) is 6.44. The number of rotatable bonds is 11.